The van der Waals surface area contributed by atoms with Crippen molar-refractivity contribution in [2.45, 2.75) is 19.8 Å². The minimum Gasteiger partial charge on any atom is -0.300 e. The Hall–Kier alpha value is -1.86. The molecule has 4 heteroatoms. The van der Waals surface area contributed by atoms with E-state index in [2.05, 4.69) is 0 Å². The zero-order valence-electron chi connectivity index (χ0n) is 6.66. The van der Waals surface area contributed by atoms with E-state index in [9.17, 15) is 4.79 Å². The van der Waals surface area contributed by atoms with Crippen molar-refractivity contribution in [1.29, 1.82) is 15.8 Å². The van der Waals surface area contributed by atoms with Gasteiger partial charge in [-0.1, -0.05) is 0 Å². The molecular formula is C8H7N3O. The van der Waals surface area contributed by atoms with Crippen molar-refractivity contribution in [1.82, 2.24) is 0 Å². The van der Waals surface area contributed by atoms with Gasteiger partial charge in [0.05, 0.1) is 0 Å². The minimum atomic E-state index is -1.65. The molecule has 0 rings (SSSR count). The van der Waals surface area contributed by atoms with E-state index in [1.54, 1.807) is 18.2 Å². The van der Waals surface area contributed by atoms with Gasteiger partial charge in [0.2, 0.25) is 5.41 Å². The van der Waals surface area contributed by atoms with Gasteiger partial charge >= 0.3 is 0 Å². The van der Waals surface area contributed by atoms with Gasteiger partial charge in [-0.25, -0.2) is 0 Å². The fourth-order valence-electron chi connectivity index (χ4n) is 0.606. The normalized spacial score (nSPS) is 9.17. The zero-order chi connectivity index (χ0) is 9.61. The molecule has 0 aliphatic carbocycles. The largest absolute Gasteiger partial charge is 0.300 e. The highest BCUT2D eigenvalue weighted by atomic mass is 16.1. The Morgan fingerprint density at radius 2 is 1.67 bits per heavy atom. The van der Waals surface area contributed by atoms with Crippen molar-refractivity contribution in [3.8, 4) is 18.2 Å². The number of nitriles is 3. The van der Waals surface area contributed by atoms with Gasteiger partial charge in [-0.2, -0.15) is 15.8 Å². The first-order chi connectivity index (χ1) is 5.60. The summed E-state index contributed by atoms with van der Waals surface area (Å²) in [5, 5.41) is 25.4. The third-order valence-corrected chi connectivity index (χ3v) is 1.42. The summed E-state index contributed by atoms with van der Waals surface area (Å²) in [4.78, 5) is 10.5. The molecule has 0 fully saturated rings. The van der Waals surface area contributed by atoms with Crippen LogP contribution < -0.4 is 0 Å². The van der Waals surface area contributed by atoms with Gasteiger partial charge < -0.3 is 4.79 Å². The average Bonchev–Trinajstić information content (AvgIpc) is 2.08. The number of ketones is 1. The highest BCUT2D eigenvalue weighted by Gasteiger charge is 2.29. The predicted molar refractivity (Wildman–Crippen MR) is 39.2 cm³/mol. The van der Waals surface area contributed by atoms with Crippen molar-refractivity contribution in [3.63, 3.8) is 0 Å². The van der Waals surface area contributed by atoms with Crippen LogP contribution in [-0.2, 0) is 4.79 Å². The number of carbonyl (C=O) groups excluding carboxylic acids is 1. The Kier molecular flexibility index (Phi) is 3.47. The van der Waals surface area contributed by atoms with E-state index < -0.39 is 5.41 Å². The van der Waals surface area contributed by atoms with Crippen LogP contribution in [0.2, 0.25) is 0 Å². The Balaban J connectivity index is 4.41. The Labute approximate surface area is 70.6 Å². The zero-order valence-corrected chi connectivity index (χ0v) is 6.66. The summed E-state index contributed by atoms with van der Waals surface area (Å²) in [5.41, 5.74) is -1.65. The molecule has 0 radical (unpaired) electrons. The Morgan fingerprint density at radius 3 is 1.92 bits per heavy atom. The first-order valence-electron chi connectivity index (χ1n) is 3.33. The van der Waals surface area contributed by atoms with Crippen molar-refractivity contribution in [2.75, 3.05) is 0 Å². The molecule has 0 saturated heterocycles. The molecule has 60 valence electrons. The van der Waals surface area contributed by atoms with E-state index in [1.807, 2.05) is 0 Å². The molecule has 0 aliphatic heterocycles. The molecule has 0 aromatic rings. The maximum atomic E-state index is 10.5. The van der Waals surface area contributed by atoms with Gasteiger partial charge in [0.25, 0.3) is 0 Å². The SMILES string of the molecule is CC(=O)CCC(C#N)(C#N)C#N. The van der Waals surface area contributed by atoms with Crippen LogP contribution in [0.1, 0.15) is 19.8 Å². The van der Waals surface area contributed by atoms with Crippen LogP contribution in [0.15, 0.2) is 0 Å². The predicted octanol–water partition coefficient (Wildman–Crippen LogP) is 0.913. The van der Waals surface area contributed by atoms with Gasteiger partial charge in [-0.05, 0) is 13.3 Å². The molecule has 0 amide bonds. The second-order valence-electron chi connectivity index (χ2n) is 2.44. The van der Waals surface area contributed by atoms with Crippen LogP contribution in [0, 0.1) is 39.4 Å². The molecule has 0 bridgehead atoms. The van der Waals surface area contributed by atoms with Crippen LogP contribution in [0.3, 0.4) is 0 Å². The van der Waals surface area contributed by atoms with Crippen LogP contribution >= 0.6 is 0 Å². The lowest BCUT2D eigenvalue weighted by molar-refractivity contribution is -0.117. The van der Waals surface area contributed by atoms with E-state index in [1.165, 1.54) is 6.92 Å². The highest BCUT2D eigenvalue weighted by molar-refractivity contribution is 5.75. The first kappa shape index (κ1) is 10.1. The minimum absolute atomic E-state index is 0.00810. The van der Waals surface area contributed by atoms with Gasteiger partial charge in [0.15, 0.2) is 0 Å². The van der Waals surface area contributed by atoms with Crippen LogP contribution in [-0.4, -0.2) is 5.78 Å². The van der Waals surface area contributed by atoms with Crippen molar-refractivity contribution in [3.05, 3.63) is 0 Å². The Bertz CT molecular complexity index is 264. The topological polar surface area (TPSA) is 88.4 Å². The summed E-state index contributed by atoms with van der Waals surface area (Å²) >= 11 is 0. The summed E-state index contributed by atoms with van der Waals surface area (Å²) in [5.74, 6) is -0.125. The molecule has 0 aromatic heterocycles. The summed E-state index contributed by atoms with van der Waals surface area (Å²) in [7, 11) is 0. The smallest absolute Gasteiger partial charge is 0.229 e. The molecule has 0 N–H and O–H groups in total. The Morgan fingerprint density at radius 1 is 1.25 bits per heavy atom. The van der Waals surface area contributed by atoms with Crippen LogP contribution in [0.4, 0.5) is 0 Å². The number of hydrogen-bond donors (Lipinski definition) is 0. The molecule has 0 spiro atoms. The van der Waals surface area contributed by atoms with E-state index in [0.29, 0.717) is 0 Å². The summed E-state index contributed by atoms with van der Waals surface area (Å²) < 4.78 is 0. The van der Waals surface area contributed by atoms with E-state index in [4.69, 9.17) is 15.8 Å². The van der Waals surface area contributed by atoms with E-state index in [0.717, 1.165) is 0 Å². The van der Waals surface area contributed by atoms with Gasteiger partial charge in [0, 0.05) is 6.42 Å². The third-order valence-electron chi connectivity index (χ3n) is 1.42. The lowest BCUT2D eigenvalue weighted by Gasteiger charge is -2.05. The van der Waals surface area contributed by atoms with Gasteiger partial charge in [0.1, 0.15) is 24.0 Å². The fourth-order valence-corrected chi connectivity index (χ4v) is 0.606. The molecule has 0 aromatic carbocycles. The molecular weight excluding hydrogens is 154 g/mol. The van der Waals surface area contributed by atoms with E-state index >= 15 is 0 Å². The standard InChI is InChI=1S/C8H7N3O/c1-7(12)2-3-8(4-9,5-10)6-11/h2-3H2,1H3. The number of hydrogen-bond acceptors (Lipinski definition) is 4. The first-order valence-corrected chi connectivity index (χ1v) is 3.33. The second kappa shape index (κ2) is 4.11. The number of carbonyl (C=O) groups is 1. The highest BCUT2D eigenvalue weighted by Crippen LogP contribution is 2.20. The lowest BCUT2D eigenvalue weighted by Crippen LogP contribution is -2.14. The molecule has 0 aliphatic rings. The summed E-state index contributed by atoms with van der Waals surface area (Å²) in [6.45, 7) is 1.36. The molecule has 0 heterocycles. The van der Waals surface area contributed by atoms with Crippen molar-refractivity contribution >= 4 is 5.78 Å². The third kappa shape index (κ3) is 2.40. The molecule has 0 atom stereocenters. The van der Waals surface area contributed by atoms with Crippen molar-refractivity contribution < 1.29 is 4.79 Å². The average molecular weight is 161 g/mol. The lowest BCUT2D eigenvalue weighted by atomic mass is 9.88. The molecule has 12 heavy (non-hydrogen) atoms. The van der Waals surface area contributed by atoms with Gasteiger partial charge in [-0.15, -0.1) is 0 Å². The van der Waals surface area contributed by atoms with Gasteiger partial charge in [-0.3, -0.25) is 0 Å². The monoisotopic (exact) mass is 161 g/mol. The molecule has 0 unspecified atom stereocenters. The molecule has 0 saturated carbocycles. The molecule has 4 nitrogen and oxygen atoms in total. The van der Waals surface area contributed by atoms with E-state index in [-0.39, 0.29) is 18.6 Å². The summed E-state index contributed by atoms with van der Waals surface area (Å²) in [6, 6.07) is 4.79. The van der Waals surface area contributed by atoms with Crippen LogP contribution in [0.5, 0.6) is 0 Å². The second-order valence-corrected chi connectivity index (χ2v) is 2.44. The summed E-state index contributed by atoms with van der Waals surface area (Å²) in [6.07, 6.45) is 0.0838. The maximum absolute atomic E-state index is 10.5. The number of nitrogens with zero attached hydrogens (tertiary/aromatic N) is 3. The fraction of sp³-hybridized carbons (Fsp3) is 0.500. The van der Waals surface area contributed by atoms with Crippen LogP contribution in [0.25, 0.3) is 0 Å². The number of Topliss-reactive ketones (excluding diaryl/α,β-unsaturated/α-hetero) is 1. The maximum Gasteiger partial charge on any atom is 0.229 e. The van der Waals surface area contributed by atoms with Crippen molar-refractivity contribution in [2.24, 2.45) is 5.41 Å². The quantitative estimate of drug-likeness (QED) is 0.615. The number of rotatable bonds is 3.